The molecule has 160 valence electrons. The second kappa shape index (κ2) is 9.43. The predicted molar refractivity (Wildman–Crippen MR) is 117 cm³/mol. The maximum Gasteiger partial charge on any atom is 0.342 e. The van der Waals surface area contributed by atoms with Gasteiger partial charge in [0.2, 0.25) is 5.91 Å². The van der Waals surface area contributed by atoms with Gasteiger partial charge in [0.05, 0.1) is 17.9 Å². The zero-order chi connectivity index (χ0) is 21.8. The van der Waals surface area contributed by atoms with Crippen LogP contribution in [-0.2, 0) is 14.3 Å². The molecule has 1 fully saturated rings. The predicted octanol–water partition coefficient (Wildman–Crippen LogP) is 5.12. The van der Waals surface area contributed by atoms with Gasteiger partial charge in [0.1, 0.15) is 10.6 Å². The number of ether oxygens (including phenoxy) is 1. The average molecular weight is 430 g/mol. The van der Waals surface area contributed by atoms with Gasteiger partial charge in [0.15, 0.2) is 0 Å². The monoisotopic (exact) mass is 429 g/mol. The van der Waals surface area contributed by atoms with E-state index >= 15 is 0 Å². The van der Waals surface area contributed by atoms with Gasteiger partial charge in [-0.15, -0.1) is 11.3 Å². The Morgan fingerprint density at radius 3 is 2.33 bits per heavy atom. The summed E-state index contributed by atoms with van der Waals surface area (Å²) in [7, 11) is 0. The molecule has 2 atom stereocenters. The van der Waals surface area contributed by atoms with Crippen LogP contribution >= 0.6 is 11.3 Å². The first-order chi connectivity index (χ1) is 14.3. The average Bonchev–Trinajstić information content (AvgIpc) is 3.11. The number of benzene rings is 1. The molecule has 1 aliphatic carbocycles. The summed E-state index contributed by atoms with van der Waals surface area (Å²) in [5.74, 6) is -3.09. The van der Waals surface area contributed by atoms with Crippen molar-refractivity contribution in [3.63, 3.8) is 0 Å². The number of nitrogens with one attached hydrogen (secondary N) is 1. The molecule has 0 spiro atoms. The smallest absolute Gasteiger partial charge is 0.342 e. The molecule has 1 aliphatic rings. The summed E-state index contributed by atoms with van der Waals surface area (Å²) in [5, 5.41) is 14.6. The van der Waals surface area contributed by atoms with E-state index in [9.17, 15) is 19.5 Å². The molecule has 3 rings (SSSR count). The number of carboxylic acid groups (broad SMARTS) is 1. The van der Waals surface area contributed by atoms with Crippen molar-refractivity contribution >= 4 is 34.2 Å². The molecule has 7 heteroatoms. The summed E-state index contributed by atoms with van der Waals surface area (Å²) >= 11 is 1.25. The van der Waals surface area contributed by atoms with Crippen LogP contribution in [0.1, 0.15) is 55.5 Å². The molecule has 2 unspecified atom stereocenters. The van der Waals surface area contributed by atoms with E-state index in [0.29, 0.717) is 29.0 Å². The standard InChI is InChI=1S/C23H27NO5S/c1-13(2)29-23(28)19-18(15-10-8-14(3)9-11-15)12-30-21(19)24-20(25)16-6-4-5-7-17(16)22(26)27/h8-13,16-17H,4-7H2,1-3H3,(H,24,25)(H,26,27). The van der Waals surface area contributed by atoms with E-state index in [4.69, 9.17) is 4.74 Å². The van der Waals surface area contributed by atoms with E-state index in [0.717, 1.165) is 24.0 Å². The van der Waals surface area contributed by atoms with Crippen LogP contribution in [0.3, 0.4) is 0 Å². The van der Waals surface area contributed by atoms with Crippen LogP contribution in [0, 0.1) is 18.8 Å². The van der Waals surface area contributed by atoms with E-state index in [1.54, 1.807) is 13.8 Å². The molecular formula is C23H27NO5S. The molecule has 0 bridgehead atoms. The molecule has 1 saturated carbocycles. The highest BCUT2D eigenvalue weighted by Gasteiger charge is 2.36. The lowest BCUT2D eigenvalue weighted by molar-refractivity contribution is -0.147. The first kappa shape index (κ1) is 22.0. The van der Waals surface area contributed by atoms with Crippen molar-refractivity contribution in [3.05, 3.63) is 40.8 Å². The summed E-state index contributed by atoms with van der Waals surface area (Å²) < 4.78 is 5.43. The van der Waals surface area contributed by atoms with Crippen LogP contribution in [0.25, 0.3) is 11.1 Å². The number of amides is 1. The van der Waals surface area contributed by atoms with Crippen LogP contribution in [0.2, 0.25) is 0 Å². The van der Waals surface area contributed by atoms with Crippen LogP contribution in [0.4, 0.5) is 5.00 Å². The number of rotatable bonds is 6. The number of aliphatic carboxylic acids is 1. The lowest BCUT2D eigenvalue weighted by atomic mass is 9.79. The number of hydrogen-bond acceptors (Lipinski definition) is 5. The van der Waals surface area contributed by atoms with Gasteiger partial charge in [-0.05, 0) is 39.2 Å². The van der Waals surface area contributed by atoms with Crippen LogP contribution in [-0.4, -0.2) is 29.1 Å². The van der Waals surface area contributed by atoms with E-state index in [1.807, 2.05) is 36.6 Å². The molecule has 0 aliphatic heterocycles. The molecule has 30 heavy (non-hydrogen) atoms. The Hall–Kier alpha value is -2.67. The Morgan fingerprint density at radius 2 is 1.73 bits per heavy atom. The minimum absolute atomic E-state index is 0.304. The highest BCUT2D eigenvalue weighted by molar-refractivity contribution is 7.15. The number of carboxylic acids is 1. The SMILES string of the molecule is Cc1ccc(-c2csc(NC(=O)C3CCCCC3C(=O)O)c2C(=O)OC(C)C)cc1. The van der Waals surface area contributed by atoms with E-state index in [1.165, 1.54) is 11.3 Å². The van der Waals surface area contributed by atoms with Crippen LogP contribution < -0.4 is 5.32 Å². The lowest BCUT2D eigenvalue weighted by Crippen LogP contribution is -2.36. The third-order valence-corrected chi connectivity index (χ3v) is 6.25. The fourth-order valence-corrected chi connectivity index (χ4v) is 4.78. The maximum atomic E-state index is 12.9. The number of thiophene rings is 1. The zero-order valence-electron chi connectivity index (χ0n) is 17.4. The quantitative estimate of drug-likeness (QED) is 0.622. The number of aryl methyl sites for hydroxylation is 1. The third-order valence-electron chi connectivity index (χ3n) is 5.36. The summed E-state index contributed by atoms with van der Waals surface area (Å²) in [6.07, 6.45) is 2.35. The van der Waals surface area contributed by atoms with E-state index in [-0.39, 0.29) is 12.0 Å². The molecule has 6 nitrogen and oxygen atoms in total. The Balaban J connectivity index is 1.93. The first-order valence-electron chi connectivity index (χ1n) is 10.2. The van der Waals surface area contributed by atoms with Gasteiger partial charge in [-0.1, -0.05) is 42.7 Å². The van der Waals surface area contributed by atoms with Crippen molar-refractivity contribution in [1.82, 2.24) is 0 Å². The van der Waals surface area contributed by atoms with Gasteiger partial charge < -0.3 is 15.2 Å². The van der Waals surface area contributed by atoms with Crippen molar-refractivity contribution < 1.29 is 24.2 Å². The fourth-order valence-electron chi connectivity index (χ4n) is 3.82. The molecule has 1 aromatic carbocycles. The van der Waals surface area contributed by atoms with Crippen molar-refractivity contribution in [2.75, 3.05) is 5.32 Å². The molecular weight excluding hydrogens is 402 g/mol. The van der Waals surface area contributed by atoms with Crippen molar-refractivity contribution in [3.8, 4) is 11.1 Å². The van der Waals surface area contributed by atoms with Crippen LogP contribution in [0.5, 0.6) is 0 Å². The zero-order valence-corrected chi connectivity index (χ0v) is 18.3. The van der Waals surface area contributed by atoms with Gasteiger partial charge in [0.25, 0.3) is 0 Å². The van der Waals surface area contributed by atoms with Gasteiger partial charge in [-0.3, -0.25) is 9.59 Å². The first-order valence-corrected chi connectivity index (χ1v) is 11.1. The molecule has 1 heterocycles. The highest BCUT2D eigenvalue weighted by atomic mass is 32.1. The van der Waals surface area contributed by atoms with Crippen LogP contribution in [0.15, 0.2) is 29.6 Å². The van der Waals surface area contributed by atoms with Crippen molar-refractivity contribution in [1.29, 1.82) is 0 Å². The molecule has 2 N–H and O–H groups in total. The van der Waals surface area contributed by atoms with E-state index in [2.05, 4.69) is 5.32 Å². The van der Waals surface area contributed by atoms with Gasteiger partial charge in [-0.2, -0.15) is 0 Å². The van der Waals surface area contributed by atoms with E-state index < -0.39 is 23.8 Å². The molecule has 0 saturated heterocycles. The molecule has 2 aromatic rings. The molecule has 0 radical (unpaired) electrons. The largest absolute Gasteiger partial charge is 0.481 e. The number of anilines is 1. The topological polar surface area (TPSA) is 92.7 Å². The summed E-state index contributed by atoms with van der Waals surface area (Å²) in [5.41, 5.74) is 2.97. The van der Waals surface area contributed by atoms with Crippen molar-refractivity contribution in [2.24, 2.45) is 11.8 Å². The third kappa shape index (κ3) is 4.90. The van der Waals surface area contributed by atoms with Gasteiger partial charge in [-0.25, -0.2) is 4.79 Å². The van der Waals surface area contributed by atoms with Crippen molar-refractivity contribution in [2.45, 2.75) is 52.6 Å². The number of esters is 1. The Kier molecular flexibility index (Phi) is 6.92. The Bertz CT molecular complexity index is 932. The Labute approximate surface area is 180 Å². The minimum atomic E-state index is -0.944. The van der Waals surface area contributed by atoms with Gasteiger partial charge >= 0.3 is 11.9 Å². The summed E-state index contributed by atoms with van der Waals surface area (Å²) in [4.78, 5) is 37.4. The Morgan fingerprint density at radius 1 is 1.10 bits per heavy atom. The summed E-state index contributed by atoms with van der Waals surface area (Å²) in [6.45, 7) is 5.53. The number of hydrogen-bond donors (Lipinski definition) is 2. The lowest BCUT2D eigenvalue weighted by Gasteiger charge is -2.27. The number of carbonyl (C=O) groups excluding carboxylic acids is 2. The second-order valence-corrected chi connectivity index (χ2v) is 8.88. The minimum Gasteiger partial charge on any atom is -0.481 e. The maximum absolute atomic E-state index is 12.9. The molecule has 1 aromatic heterocycles. The second-order valence-electron chi connectivity index (χ2n) is 8.00. The number of carbonyl (C=O) groups is 3. The summed E-state index contributed by atoms with van der Waals surface area (Å²) in [6, 6.07) is 7.78. The normalized spacial score (nSPS) is 18.8. The highest BCUT2D eigenvalue weighted by Crippen LogP contribution is 2.38. The fraction of sp³-hybridized carbons (Fsp3) is 0.435. The molecule has 1 amide bonds. The van der Waals surface area contributed by atoms with Gasteiger partial charge in [0, 0.05) is 10.9 Å².